The van der Waals surface area contributed by atoms with E-state index in [0.717, 1.165) is 4.90 Å². The van der Waals surface area contributed by atoms with E-state index in [0.29, 0.717) is 5.56 Å². The summed E-state index contributed by atoms with van der Waals surface area (Å²) in [5.74, 6) is -5.84. The molecule has 9 heteroatoms. The monoisotopic (exact) mass is 376 g/mol. The zero-order chi connectivity index (χ0) is 19.7. The molecule has 0 aromatic heterocycles. The molecule has 1 aliphatic rings. The van der Waals surface area contributed by atoms with E-state index in [1.807, 2.05) is 0 Å². The second kappa shape index (κ2) is 7.13. The van der Waals surface area contributed by atoms with E-state index in [9.17, 15) is 27.2 Å². The molecule has 1 heterocycles. The van der Waals surface area contributed by atoms with Crippen LogP contribution in [0.5, 0.6) is 0 Å². The van der Waals surface area contributed by atoms with Crippen LogP contribution in [0.1, 0.15) is 19.4 Å². The van der Waals surface area contributed by atoms with Gasteiger partial charge in [-0.1, -0.05) is 32.0 Å². The van der Waals surface area contributed by atoms with Gasteiger partial charge >= 0.3 is 18.2 Å². The van der Waals surface area contributed by atoms with Crippen molar-refractivity contribution in [3.63, 3.8) is 0 Å². The number of likely N-dealkylation sites (tertiary alicyclic amines) is 1. The molecule has 0 radical (unpaired) electrons. The first kappa shape index (κ1) is 20.0. The van der Waals surface area contributed by atoms with Gasteiger partial charge in [0.15, 0.2) is 0 Å². The van der Waals surface area contributed by atoms with Gasteiger partial charge in [0, 0.05) is 25.0 Å². The van der Waals surface area contributed by atoms with E-state index in [1.165, 1.54) is 12.1 Å². The summed E-state index contributed by atoms with van der Waals surface area (Å²) in [5.41, 5.74) is -0.436. The fourth-order valence-corrected chi connectivity index (χ4v) is 3.07. The van der Waals surface area contributed by atoms with Gasteiger partial charge in [-0.05, 0) is 11.6 Å². The number of carboxylic acids is 1. The van der Waals surface area contributed by atoms with Gasteiger partial charge in [0.25, 0.3) is 0 Å². The van der Waals surface area contributed by atoms with E-state index in [-0.39, 0.29) is 6.54 Å². The van der Waals surface area contributed by atoms with Crippen LogP contribution in [0, 0.1) is 17.7 Å². The first-order chi connectivity index (χ1) is 11.9. The number of rotatable bonds is 4. The summed E-state index contributed by atoms with van der Waals surface area (Å²) in [6.07, 6.45) is -4.70. The lowest BCUT2D eigenvalue weighted by Crippen LogP contribution is -2.44. The second-order valence-corrected chi connectivity index (χ2v) is 7.02. The first-order valence-corrected chi connectivity index (χ1v) is 8.01. The second-order valence-electron chi connectivity index (χ2n) is 7.02. The smallest absolute Gasteiger partial charge is 0.394 e. The molecule has 5 nitrogen and oxygen atoms in total. The molecular formula is C17H20F4N2O3. The quantitative estimate of drug-likeness (QED) is 0.794. The van der Waals surface area contributed by atoms with Gasteiger partial charge in [0.1, 0.15) is 5.82 Å². The standard InChI is InChI=1S/C17H20F4N2O3/c1-16(2,11-5-3-4-6-13(11)18)9-22-15(26)23-7-10(14(24)25)12(8-23)17(19,20)21/h3-6,10,12H,7-9H2,1-2H3,(H,22,26)(H,24,25)/t10-,12-/m1/s1. The van der Waals surface area contributed by atoms with Crippen molar-refractivity contribution in [2.24, 2.45) is 11.8 Å². The van der Waals surface area contributed by atoms with Gasteiger partial charge in [-0.2, -0.15) is 13.2 Å². The Morgan fingerprint density at radius 3 is 2.35 bits per heavy atom. The minimum atomic E-state index is -4.70. The number of hydrogen-bond donors (Lipinski definition) is 2. The van der Waals surface area contributed by atoms with Gasteiger partial charge in [0.05, 0.1) is 11.8 Å². The van der Waals surface area contributed by atoms with Crippen LogP contribution in [-0.4, -0.2) is 47.8 Å². The summed E-state index contributed by atoms with van der Waals surface area (Å²) in [6.45, 7) is 2.12. The molecule has 2 atom stereocenters. The molecule has 1 aromatic rings. The maximum atomic E-state index is 13.9. The van der Waals surface area contributed by atoms with Gasteiger partial charge in [-0.15, -0.1) is 0 Å². The van der Waals surface area contributed by atoms with Crippen molar-refractivity contribution in [1.29, 1.82) is 0 Å². The first-order valence-electron chi connectivity index (χ1n) is 8.01. The Hall–Kier alpha value is -2.32. The van der Waals surface area contributed by atoms with Crippen LogP contribution in [0.15, 0.2) is 24.3 Å². The molecule has 0 spiro atoms. The van der Waals surface area contributed by atoms with Crippen LogP contribution in [-0.2, 0) is 10.2 Å². The van der Waals surface area contributed by atoms with Crippen molar-refractivity contribution in [2.45, 2.75) is 25.4 Å². The number of halogens is 4. The Kier molecular flexibility index (Phi) is 5.48. The topological polar surface area (TPSA) is 69.6 Å². The average molecular weight is 376 g/mol. The van der Waals surface area contributed by atoms with Gasteiger partial charge < -0.3 is 15.3 Å². The van der Waals surface area contributed by atoms with E-state index in [4.69, 9.17) is 5.11 Å². The summed E-state index contributed by atoms with van der Waals surface area (Å²) in [5, 5.41) is 11.5. The SMILES string of the molecule is CC(C)(CNC(=O)N1C[C@@H](C(F)(F)F)[C@H](C(=O)O)C1)c1ccccc1F. The molecule has 2 rings (SSSR count). The molecule has 2 amide bonds. The molecule has 1 saturated heterocycles. The number of benzene rings is 1. The van der Waals surface area contributed by atoms with Crippen LogP contribution in [0.25, 0.3) is 0 Å². The average Bonchev–Trinajstić information content (AvgIpc) is 2.99. The largest absolute Gasteiger partial charge is 0.481 e. The van der Waals surface area contributed by atoms with Crippen molar-refractivity contribution >= 4 is 12.0 Å². The Morgan fingerprint density at radius 1 is 1.23 bits per heavy atom. The van der Waals surface area contributed by atoms with Crippen molar-refractivity contribution in [3.05, 3.63) is 35.6 Å². The molecule has 0 unspecified atom stereocenters. The van der Waals surface area contributed by atoms with E-state index >= 15 is 0 Å². The van der Waals surface area contributed by atoms with Crippen LogP contribution < -0.4 is 5.32 Å². The predicted molar refractivity (Wildman–Crippen MR) is 85.1 cm³/mol. The zero-order valence-electron chi connectivity index (χ0n) is 14.3. The number of aliphatic carboxylic acids is 1. The Balaban J connectivity index is 2.04. The fourth-order valence-electron chi connectivity index (χ4n) is 3.07. The number of alkyl halides is 3. The number of nitrogens with one attached hydrogen (secondary N) is 1. The summed E-state index contributed by atoms with van der Waals surface area (Å²) >= 11 is 0. The summed E-state index contributed by atoms with van der Waals surface area (Å²) in [4.78, 5) is 24.1. The summed E-state index contributed by atoms with van der Waals surface area (Å²) in [6, 6.07) is 5.23. The maximum absolute atomic E-state index is 13.9. The Labute approximate surface area is 148 Å². The minimum Gasteiger partial charge on any atom is -0.481 e. The number of carbonyl (C=O) groups is 2. The summed E-state index contributed by atoms with van der Waals surface area (Å²) in [7, 11) is 0. The molecule has 144 valence electrons. The van der Waals surface area contributed by atoms with Crippen LogP contribution in [0.2, 0.25) is 0 Å². The van der Waals surface area contributed by atoms with E-state index in [2.05, 4.69) is 5.32 Å². The van der Waals surface area contributed by atoms with Gasteiger partial charge in [-0.25, -0.2) is 9.18 Å². The molecule has 1 fully saturated rings. The molecule has 2 N–H and O–H groups in total. The molecule has 1 aliphatic heterocycles. The Morgan fingerprint density at radius 2 is 1.85 bits per heavy atom. The normalized spacial score (nSPS) is 20.9. The number of hydrogen-bond acceptors (Lipinski definition) is 2. The lowest BCUT2D eigenvalue weighted by atomic mass is 9.84. The van der Waals surface area contributed by atoms with Crippen LogP contribution in [0.3, 0.4) is 0 Å². The number of urea groups is 1. The highest BCUT2D eigenvalue weighted by atomic mass is 19.4. The predicted octanol–water partition coefficient (Wildman–Crippen LogP) is 3.01. The zero-order valence-corrected chi connectivity index (χ0v) is 14.3. The molecular weight excluding hydrogens is 356 g/mol. The number of amides is 2. The minimum absolute atomic E-state index is 0.0162. The molecule has 0 saturated carbocycles. The molecule has 0 aliphatic carbocycles. The van der Waals surface area contributed by atoms with Crippen molar-refractivity contribution in [3.8, 4) is 0 Å². The summed E-state index contributed by atoms with van der Waals surface area (Å²) < 4.78 is 52.9. The lowest BCUT2D eigenvalue weighted by molar-refractivity contribution is -0.187. The van der Waals surface area contributed by atoms with E-state index in [1.54, 1.807) is 26.0 Å². The molecule has 26 heavy (non-hydrogen) atoms. The highest BCUT2D eigenvalue weighted by Gasteiger charge is 2.53. The molecule has 1 aromatic carbocycles. The van der Waals surface area contributed by atoms with Crippen molar-refractivity contribution < 1.29 is 32.3 Å². The van der Waals surface area contributed by atoms with Crippen molar-refractivity contribution in [1.82, 2.24) is 10.2 Å². The van der Waals surface area contributed by atoms with Gasteiger partial charge in [-0.3, -0.25) is 4.79 Å². The van der Waals surface area contributed by atoms with Crippen LogP contribution >= 0.6 is 0 Å². The number of nitrogens with zero attached hydrogens (tertiary/aromatic N) is 1. The number of carbonyl (C=O) groups excluding carboxylic acids is 1. The van der Waals surface area contributed by atoms with Crippen LogP contribution in [0.4, 0.5) is 22.4 Å². The third-order valence-electron chi connectivity index (χ3n) is 4.63. The third-order valence-corrected chi connectivity index (χ3v) is 4.63. The highest BCUT2D eigenvalue weighted by molar-refractivity contribution is 5.77. The third kappa shape index (κ3) is 4.25. The van der Waals surface area contributed by atoms with Gasteiger partial charge in [0.2, 0.25) is 0 Å². The van der Waals surface area contributed by atoms with E-state index < -0.39 is 54.3 Å². The Bertz CT molecular complexity index is 691. The molecule has 0 bridgehead atoms. The highest BCUT2D eigenvalue weighted by Crippen LogP contribution is 2.37. The lowest BCUT2D eigenvalue weighted by Gasteiger charge is -2.27. The number of carboxylic acid groups (broad SMARTS) is 1. The fraction of sp³-hybridized carbons (Fsp3) is 0.529. The maximum Gasteiger partial charge on any atom is 0.394 e. The van der Waals surface area contributed by atoms with Crippen molar-refractivity contribution in [2.75, 3.05) is 19.6 Å².